The quantitative estimate of drug-likeness (QED) is 0.798. The summed E-state index contributed by atoms with van der Waals surface area (Å²) in [6, 6.07) is 13.6. The third-order valence-electron chi connectivity index (χ3n) is 3.99. The van der Waals surface area contributed by atoms with Crippen LogP contribution in [0.2, 0.25) is 0 Å². The minimum atomic E-state index is -0.0806. The van der Waals surface area contributed by atoms with Crippen LogP contribution >= 0.6 is 0 Å². The maximum absolute atomic E-state index is 12.6. The molecular weight excluding hydrogens is 304 g/mol. The van der Waals surface area contributed by atoms with Crippen LogP contribution in [0, 0.1) is 0 Å². The molecule has 1 heterocycles. The molecule has 0 aliphatic carbocycles. The predicted octanol–water partition coefficient (Wildman–Crippen LogP) is 3.55. The number of benzene rings is 2. The number of rotatable bonds is 4. The van der Waals surface area contributed by atoms with Crippen LogP contribution in [0.5, 0.6) is 11.5 Å². The Hall–Kier alpha value is -2.95. The minimum absolute atomic E-state index is 0.0806. The third-order valence-corrected chi connectivity index (χ3v) is 3.99. The monoisotopic (exact) mass is 324 g/mol. The second-order valence-electron chi connectivity index (χ2n) is 5.69. The topological polar surface area (TPSA) is 54.6 Å². The normalized spacial score (nSPS) is 10.7. The van der Waals surface area contributed by atoms with Crippen LogP contribution in [-0.2, 0) is 0 Å². The molecule has 5 nitrogen and oxygen atoms in total. The molecule has 1 amide bonds. The van der Waals surface area contributed by atoms with Crippen LogP contribution in [0.1, 0.15) is 10.5 Å². The Morgan fingerprint density at radius 3 is 2.21 bits per heavy atom. The molecule has 3 aromatic rings. The van der Waals surface area contributed by atoms with Crippen LogP contribution in [0.3, 0.4) is 0 Å². The smallest absolute Gasteiger partial charge is 0.270 e. The summed E-state index contributed by atoms with van der Waals surface area (Å²) in [5.41, 5.74) is 3.22. The maximum Gasteiger partial charge on any atom is 0.270 e. The molecular formula is C19H20N2O3. The number of aromatic amines is 1. The Kier molecular flexibility index (Phi) is 4.16. The molecule has 0 saturated carbocycles. The summed E-state index contributed by atoms with van der Waals surface area (Å²) in [6.07, 6.45) is 0. The zero-order valence-electron chi connectivity index (χ0n) is 14.2. The lowest BCUT2D eigenvalue weighted by molar-refractivity contribution is 0.0823. The highest BCUT2D eigenvalue weighted by Crippen LogP contribution is 2.39. The van der Waals surface area contributed by atoms with Crippen molar-refractivity contribution < 1.29 is 14.3 Å². The van der Waals surface area contributed by atoms with E-state index >= 15 is 0 Å². The summed E-state index contributed by atoms with van der Waals surface area (Å²) in [6.45, 7) is 0. The summed E-state index contributed by atoms with van der Waals surface area (Å²) in [5, 5.41) is 0.920. The van der Waals surface area contributed by atoms with Gasteiger partial charge in [-0.3, -0.25) is 4.79 Å². The van der Waals surface area contributed by atoms with Crippen LogP contribution in [0.25, 0.3) is 22.0 Å². The van der Waals surface area contributed by atoms with E-state index in [4.69, 9.17) is 9.47 Å². The molecule has 2 aromatic carbocycles. The van der Waals surface area contributed by atoms with Gasteiger partial charge in [-0.25, -0.2) is 0 Å². The van der Waals surface area contributed by atoms with Crippen molar-refractivity contribution in [3.63, 3.8) is 0 Å². The molecule has 0 fully saturated rings. The summed E-state index contributed by atoms with van der Waals surface area (Å²) >= 11 is 0. The predicted molar refractivity (Wildman–Crippen MR) is 94.9 cm³/mol. The van der Waals surface area contributed by atoms with Gasteiger partial charge in [-0.05, 0) is 11.6 Å². The first-order valence-electron chi connectivity index (χ1n) is 7.61. The van der Waals surface area contributed by atoms with E-state index in [0.29, 0.717) is 17.2 Å². The Labute approximate surface area is 140 Å². The zero-order chi connectivity index (χ0) is 17.3. The first-order chi connectivity index (χ1) is 11.6. The van der Waals surface area contributed by atoms with E-state index in [1.165, 1.54) is 0 Å². The number of ether oxygens (including phenoxy) is 2. The molecule has 0 atom stereocenters. The fraction of sp³-hybridized carbons (Fsp3) is 0.211. The van der Waals surface area contributed by atoms with E-state index in [-0.39, 0.29) is 5.91 Å². The Balaban J connectivity index is 2.35. The molecule has 1 N–H and O–H groups in total. The average Bonchev–Trinajstić information content (AvgIpc) is 2.98. The SMILES string of the molecule is COc1cc2[nH]c(C(=O)N(C)C)c(-c3ccccc3)c2cc1OC. The minimum Gasteiger partial charge on any atom is -0.493 e. The van der Waals surface area contributed by atoms with Gasteiger partial charge in [-0.15, -0.1) is 0 Å². The highest BCUT2D eigenvalue weighted by molar-refractivity contribution is 6.10. The van der Waals surface area contributed by atoms with Crippen LogP contribution in [0.4, 0.5) is 0 Å². The van der Waals surface area contributed by atoms with Gasteiger partial charge in [0.1, 0.15) is 5.69 Å². The summed E-state index contributed by atoms with van der Waals surface area (Å²) in [7, 11) is 6.68. The van der Waals surface area contributed by atoms with Gasteiger partial charge in [0.15, 0.2) is 11.5 Å². The molecule has 24 heavy (non-hydrogen) atoms. The maximum atomic E-state index is 12.6. The number of nitrogens with one attached hydrogen (secondary N) is 1. The second kappa shape index (κ2) is 6.28. The first-order valence-corrected chi connectivity index (χ1v) is 7.61. The van der Waals surface area contributed by atoms with Crippen molar-refractivity contribution in [3.05, 3.63) is 48.2 Å². The average molecular weight is 324 g/mol. The molecule has 0 saturated heterocycles. The van der Waals surface area contributed by atoms with Gasteiger partial charge in [0, 0.05) is 31.1 Å². The Morgan fingerprint density at radius 1 is 1.00 bits per heavy atom. The molecule has 3 rings (SSSR count). The molecule has 124 valence electrons. The molecule has 0 spiro atoms. The molecule has 0 radical (unpaired) electrons. The van der Waals surface area contributed by atoms with E-state index in [1.54, 1.807) is 33.2 Å². The molecule has 0 unspecified atom stereocenters. The van der Waals surface area contributed by atoms with Crippen LogP contribution in [0.15, 0.2) is 42.5 Å². The van der Waals surface area contributed by atoms with Crippen molar-refractivity contribution in [2.75, 3.05) is 28.3 Å². The van der Waals surface area contributed by atoms with Gasteiger partial charge in [0.25, 0.3) is 5.91 Å². The Bertz CT molecular complexity index is 883. The third kappa shape index (κ3) is 2.58. The fourth-order valence-corrected chi connectivity index (χ4v) is 2.81. The lowest BCUT2D eigenvalue weighted by Crippen LogP contribution is -2.22. The number of H-pyrrole nitrogens is 1. The van der Waals surface area contributed by atoms with E-state index in [0.717, 1.165) is 22.0 Å². The van der Waals surface area contributed by atoms with Gasteiger partial charge in [-0.1, -0.05) is 30.3 Å². The van der Waals surface area contributed by atoms with Crippen LogP contribution < -0.4 is 9.47 Å². The number of amides is 1. The number of nitrogens with zero attached hydrogens (tertiary/aromatic N) is 1. The number of aromatic nitrogens is 1. The van der Waals surface area contributed by atoms with Crippen molar-refractivity contribution in [1.29, 1.82) is 0 Å². The summed E-state index contributed by atoms with van der Waals surface area (Å²) in [5.74, 6) is 1.17. The lowest BCUT2D eigenvalue weighted by Gasteiger charge is -2.11. The Morgan fingerprint density at radius 2 is 1.62 bits per heavy atom. The van der Waals surface area contributed by atoms with Gasteiger partial charge in [-0.2, -0.15) is 0 Å². The number of methoxy groups -OCH3 is 2. The molecule has 5 heteroatoms. The van der Waals surface area contributed by atoms with Gasteiger partial charge < -0.3 is 19.4 Å². The summed E-state index contributed by atoms with van der Waals surface area (Å²) < 4.78 is 10.8. The largest absolute Gasteiger partial charge is 0.493 e. The van der Waals surface area contributed by atoms with Crippen molar-refractivity contribution in [1.82, 2.24) is 9.88 Å². The molecule has 0 aliphatic rings. The zero-order valence-corrected chi connectivity index (χ0v) is 14.2. The van der Waals surface area contributed by atoms with E-state index in [9.17, 15) is 4.79 Å². The summed E-state index contributed by atoms with van der Waals surface area (Å²) in [4.78, 5) is 17.5. The molecule has 0 aliphatic heterocycles. The van der Waals surface area contributed by atoms with Gasteiger partial charge >= 0.3 is 0 Å². The number of hydrogen-bond donors (Lipinski definition) is 1. The highest BCUT2D eigenvalue weighted by atomic mass is 16.5. The first kappa shape index (κ1) is 15.9. The van der Waals surface area contributed by atoms with Crippen molar-refractivity contribution >= 4 is 16.8 Å². The van der Waals surface area contributed by atoms with Gasteiger partial charge in [0.05, 0.1) is 19.7 Å². The van der Waals surface area contributed by atoms with E-state index in [1.807, 2.05) is 42.5 Å². The number of carbonyl (C=O) groups excluding carboxylic acids is 1. The molecule has 1 aromatic heterocycles. The van der Waals surface area contributed by atoms with Crippen molar-refractivity contribution in [2.45, 2.75) is 0 Å². The van der Waals surface area contributed by atoms with E-state index < -0.39 is 0 Å². The lowest BCUT2D eigenvalue weighted by atomic mass is 10.0. The van der Waals surface area contributed by atoms with Crippen molar-refractivity contribution in [2.24, 2.45) is 0 Å². The van der Waals surface area contributed by atoms with Crippen LogP contribution in [-0.4, -0.2) is 44.1 Å². The van der Waals surface area contributed by atoms with Gasteiger partial charge in [0.2, 0.25) is 0 Å². The number of carbonyl (C=O) groups is 1. The second-order valence-corrected chi connectivity index (χ2v) is 5.69. The standard InChI is InChI=1S/C19H20N2O3/c1-21(2)19(22)18-17(12-8-6-5-7-9-12)13-10-15(23-3)16(24-4)11-14(13)20-18/h5-11,20H,1-4H3. The molecule has 0 bridgehead atoms. The van der Waals surface area contributed by atoms with Crippen molar-refractivity contribution in [3.8, 4) is 22.6 Å². The number of hydrogen-bond acceptors (Lipinski definition) is 3. The number of fused-ring (bicyclic) bond motifs is 1. The van der Waals surface area contributed by atoms with E-state index in [2.05, 4.69) is 4.98 Å². The fourth-order valence-electron chi connectivity index (χ4n) is 2.81. The highest BCUT2D eigenvalue weighted by Gasteiger charge is 2.22.